The Hall–Kier alpha value is -1.20. The number of halogens is 2. The summed E-state index contributed by atoms with van der Waals surface area (Å²) < 4.78 is 13.3. The number of nitrogens with one attached hydrogen (secondary N) is 1. The molecule has 16 heavy (non-hydrogen) atoms. The Morgan fingerprint density at radius 1 is 1.56 bits per heavy atom. The minimum absolute atomic E-state index is 0.0216. The minimum atomic E-state index is -0.508. The van der Waals surface area contributed by atoms with Gasteiger partial charge in [-0.15, -0.1) is 0 Å². The Morgan fingerprint density at radius 2 is 2.38 bits per heavy atom. The molecule has 0 amide bonds. The zero-order valence-electron chi connectivity index (χ0n) is 8.45. The summed E-state index contributed by atoms with van der Waals surface area (Å²) in [5, 5.41) is 6.95. The molecule has 0 aromatic carbocycles. The molecule has 6 heteroatoms. The van der Waals surface area contributed by atoms with Crippen LogP contribution in [-0.2, 0) is 0 Å². The lowest BCUT2D eigenvalue weighted by Crippen LogP contribution is -2.09. The second kappa shape index (κ2) is 4.76. The molecule has 0 radical (unpaired) electrons. The lowest BCUT2D eigenvalue weighted by molar-refractivity contribution is 0.613. The van der Waals surface area contributed by atoms with Crippen molar-refractivity contribution in [3.05, 3.63) is 39.7 Å². The number of nitrogens with zero attached hydrogens (tertiary/aromatic N) is 2. The van der Waals surface area contributed by atoms with E-state index >= 15 is 0 Å². The summed E-state index contributed by atoms with van der Waals surface area (Å²) in [6, 6.07) is 1.95. The number of anilines is 1. The van der Waals surface area contributed by atoms with Crippen molar-refractivity contribution in [2.24, 2.45) is 0 Å². The van der Waals surface area contributed by atoms with Crippen molar-refractivity contribution >= 4 is 28.8 Å². The zero-order valence-corrected chi connectivity index (χ0v) is 10.0. The van der Waals surface area contributed by atoms with E-state index in [0.29, 0.717) is 0 Å². The van der Waals surface area contributed by atoms with E-state index in [1.54, 1.807) is 11.3 Å². The first-order valence-corrected chi connectivity index (χ1v) is 5.95. The average molecular weight is 258 g/mol. The predicted molar refractivity (Wildman–Crippen MR) is 63.4 cm³/mol. The van der Waals surface area contributed by atoms with E-state index in [4.69, 9.17) is 11.6 Å². The van der Waals surface area contributed by atoms with Gasteiger partial charge < -0.3 is 5.32 Å². The van der Waals surface area contributed by atoms with Crippen LogP contribution in [0.4, 0.5) is 10.2 Å². The summed E-state index contributed by atoms with van der Waals surface area (Å²) >= 11 is 7.19. The van der Waals surface area contributed by atoms with E-state index in [-0.39, 0.29) is 17.1 Å². The Kier molecular flexibility index (Phi) is 3.36. The van der Waals surface area contributed by atoms with Gasteiger partial charge in [0.1, 0.15) is 0 Å². The minimum Gasteiger partial charge on any atom is -0.361 e. The first-order chi connectivity index (χ1) is 7.66. The lowest BCUT2D eigenvalue weighted by Gasteiger charge is -2.13. The highest BCUT2D eigenvalue weighted by molar-refractivity contribution is 7.07. The van der Waals surface area contributed by atoms with Crippen molar-refractivity contribution in [2.75, 3.05) is 5.32 Å². The maximum Gasteiger partial charge on any atom is 0.224 e. The Bertz CT molecular complexity index is 475. The average Bonchev–Trinajstić information content (AvgIpc) is 2.76. The van der Waals surface area contributed by atoms with Gasteiger partial charge in [-0.2, -0.15) is 16.3 Å². The molecule has 1 unspecified atom stereocenters. The van der Waals surface area contributed by atoms with Gasteiger partial charge in [0.2, 0.25) is 5.28 Å². The van der Waals surface area contributed by atoms with Gasteiger partial charge in [-0.1, -0.05) is 0 Å². The van der Waals surface area contributed by atoms with Gasteiger partial charge in [0, 0.05) is 0 Å². The topological polar surface area (TPSA) is 37.8 Å². The van der Waals surface area contributed by atoms with Crippen LogP contribution in [0.1, 0.15) is 18.5 Å². The van der Waals surface area contributed by atoms with Crippen LogP contribution in [0.2, 0.25) is 5.28 Å². The van der Waals surface area contributed by atoms with Gasteiger partial charge in [-0.3, -0.25) is 0 Å². The lowest BCUT2D eigenvalue weighted by atomic mass is 10.2. The van der Waals surface area contributed by atoms with Crippen molar-refractivity contribution in [3.8, 4) is 0 Å². The number of aromatic nitrogens is 2. The maximum atomic E-state index is 13.3. The van der Waals surface area contributed by atoms with Gasteiger partial charge in [-0.05, 0) is 40.9 Å². The molecule has 0 bridgehead atoms. The molecule has 0 aliphatic heterocycles. The number of thiophene rings is 1. The third kappa shape index (κ3) is 2.48. The highest BCUT2D eigenvalue weighted by Gasteiger charge is 2.11. The molecule has 2 aromatic rings. The zero-order chi connectivity index (χ0) is 11.5. The van der Waals surface area contributed by atoms with E-state index < -0.39 is 5.82 Å². The van der Waals surface area contributed by atoms with Crippen LogP contribution in [0.3, 0.4) is 0 Å². The first kappa shape index (κ1) is 11.3. The normalized spacial score (nSPS) is 12.4. The van der Waals surface area contributed by atoms with Crippen LogP contribution >= 0.6 is 22.9 Å². The van der Waals surface area contributed by atoms with Gasteiger partial charge >= 0.3 is 0 Å². The molecular formula is C10H9ClFN3S. The Morgan fingerprint density at radius 3 is 3.06 bits per heavy atom. The van der Waals surface area contributed by atoms with E-state index in [9.17, 15) is 4.39 Å². The second-order valence-corrected chi connectivity index (χ2v) is 4.38. The number of hydrogen-bond acceptors (Lipinski definition) is 4. The van der Waals surface area contributed by atoms with Crippen LogP contribution in [0, 0.1) is 5.82 Å². The van der Waals surface area contributed by atoms with Crippen molar-refractivity contribution in [2.45, 2.75) is 13.0 Å². The molecule has 2 rings (SSSR count). The summed E-state index contributed by atoms with van der Waals surface area (Å²) in [5.74, 6) is -0.384. The SMILES string of the molecule is CC(Nc1nc(Cl)ncc1F)c1ccsc1. The number of rotatable bonds is 3. The molecule has 2 aromatic heterocycles. The highest BCUT2D eigenvalue weighted by Crippen LogP contribution is 2.22. The maximum absolute atomic E-state index is 13.3. The highest BCUT2D eigenvalue weighted by atomic mass is 35.5. The van der Waals surface area contributed by atoms with Gasteiger partial charge in [0.25, 0.3) is 0 Å². The van der Waals surface area contributed by atoms with E-state index in [2.05, 4.69) is 15.3 Å². The van der Waals surface area contributed by atoms with Crippen molar-refractivity contribution in [1.29, 1.82) is 0 Å². The monoisotopic (exact) mass is 257 g/mol. The van der Waals surface area contributed by atoms with Crippen LogP contribution in [0.25, 0.3) is 0 Å². The fourth-order valence-corrected chi connectivity index (χ4v) is 2.14. The molecule has 3 nitrogen and oxygen atoms in total. The van der Waals surface area contributed by atoms with Crippen LogP contribution in [0.5, 0.6) is 0 Å². The molecule has 0 aliphatic carbocycles. The van der Waals surface area contributed by atoms with Gasteiger partial charge in [0.15, 0.2) is 11.6 Å². The molecule has 0 saturated heterocycles. The molecule has 1 atom stereocenters. The molecular weight excluding hydrogens is 249 g/mol. The fraction of sp³-hybridized carbons (Fsp3) is 0.200. The van der Waals surface area contributed by atoms with Gasteiger partial charge in [0.05, 0.1) is 12.2 Å². The summed E-state index contributed by atoms with van der Waals surface area (Å²) in [5.41, 5.74) is 1.08. The van der Waals surface area contributed by atoms with Crippen molar-refractivity contribution in [1.82, 2.24) is 9.97 Å². The van der Waals surface area contributed by atoms with Crippen LogP contribution in [-0.4, -0.2) is 9.97 Å². The fourth-order valence-electron chi connectivity index (χ4n) is 1.26. The first-order valence-electron chi connectivity index (χ1n) is 4.63. The third-order valence-corrected chi connectivity index (χ3v) is 2.99. The summed E-state index contributed by atoms with van der Waals surface area (Å²) in [6.45, 7) is 1.93. The van der Waals surface area contributed by atoms with Crippen LogP contribution < -0.4 is 5.32 Å². The van der Waals surface area contributed by atoms with E-state index in [0.717, 1.165) is 11.8 Å². The van der Waals surface area contributed by atoms with Crippen molar-refractivity contribution < 1.29 is 4.39 Å². The Labute approximate surface area is 101 Å². The summed E-state index contributed by atoms with van der Waals surface area (Å²) in [7, 11) is 0. The summed E-state index contributed by atoms with van der Waals surface area (Å²) in [4.78, 5) is 7.34. The molecule has 0 aliphatic rings. The van der Waals surface area contributed by atoms with Gasteiger partial charge in [-0.25, -0.2) is 9.37 Å². The quantitative estimate of drug-likeness (QED) is 0.855. The van der Waals surface area contributed by atoms with Crippen LogP contribution in [0.15, 0.2) is 23.0 Å². The predicted octanol–water partition coefficient (Wildman–Crippen LogP) is 3.50. The number of hydrogen-bond donors (Lipinski definition) is 1. The molecule has 1 N–H and O–H groups in total. The molecule has 0 saturated carbocycles. The smallest absolute Gasteiger partial charge is 0.224 e. The molecule has 84 valence electrons. The van der Waals surface area contributed by atoms with E-state index in [1.165, 1.54) is 0 Å². The summed E-state index contributed by atoms with van der Waals surface area (Å²) in [6.07, 6.45) is 1.05. The third-order valence-electron chi connectivity index (χ3n) is 2.11. The van der Waals surface area contributed by atoms with E-state index in [1.807, 2.05) is 23.8 Å². The second-order valence-electron chi connectivity index (χ2n) is 3.26. The largest absolute Gasteiger partial charge is 0.361 e. The molecule has 0 spiro atoms. The standard InChI is InChI=1S/C10H9ClFN3S/c1-6(7-2-3-16-5-7)14-9-8(12)4-13-10(11)15-9/h2-6H,1H3,(H,13,14,15). The molecule has 2 heterocycles. The molecule has 0 fully saturated rings. The van der Waals surface area contributed by atoms with Crippen molar-refractivity contribution in [3.63, 3.8) is 0 Å². The Balaban J connectivity index is 2.17.